The Balaban J connectivity index is 1.91. The Kier molecular flexibility index (Phi) is 4.10. The summed E-state index contributed by atoms with van der Waals surface area (Å²) in [4.78, 5) is 8.83. The number of aliphatic hydroxyl groups is 1. The molecule has 1 N–H and O–H groups in total. The van der Waals surface area contributed by atoms with E-state index in [4.69, 9.17) is 11.6 Å². The summed E-state index contributed by atoms with van der Waals surface area (Å²) in [5, 5.41) is 10.3. The molecule has 1 aliphatic heterocycles. The molecule has 0 saturated carbocycles. The summed E-state index contributed by atoms with van der Waals surface area (Å²) in [5.74, 6) is 0.936. The van der Waals surface area contributed by atoms with Gasteiger partial charge >= 0.3 is 0 Å². The summed E-state index contributed by atoms with van der Waals surface area (Å²) >= 11 is 5.90. The van der Waals surface area contributed by atoms with Crippen molar-refractivity contribution in [3.63, 3.8) is 0 Å². The van der Waals surface area contributed by atoms with E-state index < -0.39 is 5.60 Å². The summed E-state index contributed by atoms with van der Waals surface area (Å²) < 4.78 is 0. The van der Waals surface area contributed by atoms with Gasteiger partial charge in [0.25, 0.3) is 0 Å². The molecule has 0 atom stereocenters. The van der Waals surface area contributed by atoms with Crippen molar-refractivity contribution in [3.8, 4) is 0 Å². The molecule has 4 nitrogen and oxygen atoms in total. The number of halogens is 1. The molecule has 0 spiro atoms. The highest BCUT2D eigenvalue weighted by atomic mass is 35.5. The van der Waals surface area contributed by atoms with E-state index in [2.05, 4.69) is 14.8 Å². The second-order valence-corrected chi connectivity index (χ2v) is 5.78. The third-order valence-corrected chi connectivity index (χ3v) is 3.22. The Labute approximate surface area is 113 Å². The van der Waals surface area contributed by atoms with Gasteiger partial charge in [0.1, 0.15) is 11.0 Å². The van der Waals surface area contributed by atoms with Crippen LogP contribution in [0.4, 0.5) is 5.82 Å². The number of hydrogen-bond acceptors (Lipinski definition) is 4. The first-order valence-electron chi connectivity index (χ1n) is 6.26. The third-order valence-electron chi connectivity index (χ3n) is 3.01. The number of aromatic nitrogens is 1. The fourth-order valence-electron chi connectivity index (χ4n) is 2.26. The fourth-order valence-corrected chi connectivity index (χ4v) is 2.42. The maximum atomic E-state index is 9.80. The Morgan fingerprint density at radius 2 is 1.94 bits per heavy atom. The molecule has 0 bridgehead atoms. The second kappa shape index (κ2) is 5.43. The predicted octanol–water partition coefficient (Wildman–Crippen LogP) is 1.63. The SMILES string of the molecule is CC(C)(O)CN1CCN(c2cccc(Cl)n2)CC1. The van der Waals surface area contributed by atoms with Gasteiger partial charge in [-0.1, -0.05) is 17.7 Å². The first kappa shape index (κ1) is 13.6. The highest BCUT2D eigenvalue weighted by Crippen LogP contribution is 2.17. The van der Waals surface area contributed by atoms with Gasteiger partial charge in [-0.25, -0.2) is 4.98 Å². The molecule has 1 saturated heterocycles. The van der Waals surface area contributed by atoms with Crippen LogP contribution in [0.5, 0.6) is 0 Å². The van der Waals surface area contributed by atoms with E-state index in [0.717, 1.165) is 32.0 Å². The van der Waals surface area contributed by atoms with Crippen molar-refractivity contribution >= 4 is 17.4 Å². The quantitative estimate of drug-likeness (QED) is 0.847. The van der Waals surface area contributed by atoms with E-state index >= 15 is 0 Å². The molecule has 0 unspecified atom stereocenters. The lowest BCUT2D eigenvalue weighted by molar-refractivity contribution is 0.0344. The average molecular weight is 270 g/mol. The normalized spacial score (nSPS) is 18.1. The van der Waals surface area contributed by atoms with Crippen LogP contribution in [0.1, 0.15) is 13.8 Å². The molecular weight excluding hydrogens is 250 g/mol. The van der Waals surface area contributed by atoms with Crippen molar-refractivity contribution in [2.75, 3.05) is 37.6 Å². The van der Waals surface area contributed by atoms with Crippen LogP contribution in [0.25, 0.3) is 0 Å². The zero-order valence-electron chi connectivity index (χ0n) is 10.9. The molecule has 1 aliphatic rings. The fraction of sp³-hybridized carbons (Fsp3) is 0.615. The van der Waals surface area contributed by atoms with Crippen LogP contribution in [0.2, 0.25) is 5.15 Å². The summed E-state index contributed by atoms with van der Waals surface area (Å²) in [6.45, 7) is 8.13. The summed E-state index contributed by atoms with van der Waals surface area (Å²) in [7, 11) is 0. The lowest BCUT2D eigenvalue weighted by Gasteiger charge is -2.37. The molecule has 0 amide bonds. The Bertz CT molecular complexity index is 397. The largest absolute Gasteiger partial charge is 0.389 e. The minimum atomic E-state index is -0.628. The van der Waals surface area contributed by atoms with Crippen molar-refractivity contribution in [3.05, 3.63) is 23.4 Å². The number of piperazine rings is 1. The Hall–Kier alpha value is -0.840. The number of anilines is 1. The Morgan fingerprint density at radius 1 is 1.28 bits per heavy atom. The molecule has 1 aromatic rings. The second-order valence-electron chi connectivity index (χ2n) is 5.39. The molecular formula is C13H20ClN3O. The molecule has 2 rings (SSSR count). The van der Waals surface area contributed by atoms with Crippen LogP contribution in [0.15, 0.2) is 18.2 Å². The van der Waals surface area contributed by atoms with Crippen LogP contribution in [0.3, 0.4) is 0 Å². The van der Waals surface area contributed by atoms with Crippen molar-refractivity contribution in [1.82, 2.24) is 9.88 Å². The van der Waals surface area contributed by atoms with Gasteiger partial charge in [0.15, 0.2) is 0 Å². The van der Waals surface area contributed by atoms with E-state index in [1.54, 1.807) is 6.07 Å². The molecule has 0 aliphatic carbocycles. The summed E-state index contributed by atoms with van der Waals surface area (Å²) in [6, 6.07) is 5.70. The van der Waals surface area contributed by atoms with Crippen molar-refractivity contribution < 1.29 is 5.11 Å². The Morgan fingerprint density at radius 3 is 2.50 bits per heavy atom. The highest BCUT2D eigenvalue weighted by molar-refractivity contribution is 6.29. The van der Waals surface area contributed by atoms with E-state index in [1.807, 2.05) is 26.0 Å². The molecule has 100 valence electrons. The maximum absolute atomic E-state index is 9.80. The zero-order chi connectivity index (χ0) is 13.2. The maximum Gasteiger partial charge on any atom is 0.131 e. The van der Waals surface area contributed by atoms with Gasteiger partial charge in [0.05, 0.1) is 5.60 Å². The van der Waals surface area contributed by atoms with Gasteiger partial charge in [0, 0.05) is 32.7 Å². The van der Waals surface area contributed by atoms with Crippen LogP contribution in [-0.4, -0.2) is 53.3 Å². The monoisotopic (exact) mass is 269 g/mol. The summed E-state index contributed by atoms with van der Waals surface area (Å²) in [5.41, 5.74) is -0.628. The molecule has 5 heteroatoms. The first-order chi connectivity index (χ1) is 8.44. The molecule has 0 radical (unpaired) electrons. The highest BCUT2D eigenvalue weighted by Gasteiger charge is 2.23. The number of pyridine rings is 1. The smallest absolute Gasteiger partial charge is 0.131 e. The summed E-state index contributed by atoms with van der Waals surface area (Å²) in [6.07, 6.45) is 0. The molecule has 1 fully saturated rings. The van der Waals surface area contributed by atoms with Gasteiger partial charge in [0.2, 0.25) is 0 Å². The van der Waals surface area contributed by atoms with E-state index in [0.29, 0.717) is 11.7 Å². The van der Waals surface area contributed by atoms with E-state index in [9.17, 15) is 5.11 Å². The standard InChI is InChI=1S/C13H20ClN3O/c1-13(2,18)10-16-6-8-17(9-7-16)12-5-3-4-11(14)15-12/h3-5,18H,6-10H2,1-2H3. The predicted molar refractivity (Wildman–Crippen MR) is 74.2 cm³/mol. The topological polar surface area (TPSA) is 39.6 Å². The van der Waals surface area contributed by atoms with Gasteiger partial charge in [-0.3, -0.25) is 4.90 Å². The zero-order valence-corrected chi connectivity index (χ0v) is 11.7. The van der Waals surface area contributed by atoms with Gasteiger partial charge in [-0.15, -0.1) is 0 Å². The third kappa shape index (κ3) is 3.83. The molecule has 1 aromatic heterocycles. The van der Waals surface area contributed by atoms with Crippen molar-refractivity contribution in [2.24, 2.45) is 0 Å². The minimum absolute atomic E-state index is 0.534. The van der Waals surface area contributed by atoms with E-state index in [1.165, 1.54) is 0 Å². The van der Waals surface area contributed by atoms with Gasteiger partial charge < -0.3 is 10.0 Å². The average Bonchev–Trinajstić information content (AvgIpc) is 2.28. The van der Waals surface area contributed by atoms with Crippen LogP contribution < -0.4 is 4.90 Å². The lowest BCUT2D eigenvalue weighted by Crippen LogP contribution is -2.50. The molecule has 0 aromatic carbocycles. The van der Waals surface area contributed by atoms with E-state index in [-0.39, 0.29) is 0 Å². The van der Waals surface area contributed by atoms with Crippen molar-refractivity contribution in [1.29, 1.82) is 0 Å². The number of rotatable bonds is 3. The lowest BCUT2D eigenvalue weighted by atomic mass is 10.1. The molecule has 18 heavy (non-hydrogen) atoms. The van der Waals surface area contributed by atoms with Crippen LogP contribution in [-0.2, 0) is 0 Å². The number of β-amino-alcohol motifs (C(OH)–C–C–N with tert-alkyl or cyclic N) is 1. The van der Waals surface area contributed by atoms with Crippen LogP contribution in [0, 0.1) is 0 Å². The first-order valence-corrected chi connectivity index (χ1v) is 6.64. The molecule has 2 heterocycles. The minimum Gasteiger partial charge on any atom is -0.389 e. The van der Waals surface area contributed by atoms with Gasteiger partial charge in [-0.05, 0) is 26.0 Å². The van der Waals surface area contributed by atoms with Crippen LogP contribution >= 0.6 is 11.6 Å². The number of hydrogen-bond donors (Lipinski definition) is 1. The number of nitrogens with zero attached hydrogens (tertiary/aromatic N) is 3. The van der Waals surface area contributed by atoms with Crippen molar-refractivity contribution in [2.45, 2.75) is 19.4 Å². The van der Waals surface area contributed by atoms with Gasteiger partial charge in [-0.2, -0.15) is 0 Å².